The molecule has 184 valence electrons. The summed E-state index contributed by atoms with van der Waals surface area (Å²) in [4.78, 5) is 36.7. The third-order valence-corrected chi connectivity index (χ3v) is 8.21. The molecule has 2 fully saturated rings. The van der Waals surface area contributed by atoms with Crippen molar-refractivity contribution in [3.8, 4) is 17.0 Å². The van der Waals surface area contributed by atoms with Gasteiger partial charge in [-0.25, -0.2) is 9.37 Å². The number of hydrogen-bond acceptors (Lipinski definition) is 7. The van der Waals surface area contributed by atoms with Gasteiger partial charge in [-0.3, -0.25) is 9.59 Å². The molecule has 2 aromatic rings. The molecular formula is C24H24ClFN4O4S. The van der Waals surface area contributed by atoms with E-state index in [9.17, 15) is 19.1 Å². The molecule has 0 bridgehead atoms. The Morgan fingerprint density at radius 1 is 1.26 bits per heavy atom. The highest BCUT2D eigenvalue weighted by molar-refractivity contribution is 7.99. The predicted octanol–water partition coefficient (Wildman–Crippen LogP) is 3.03. The van der Waals surface area contributed by atoms with E-state index < -0.39 is 5.82 Å². The average Bonchev–Trinajstić information content (AvgIpc) is 3.02. The molecule has 8 nitrogen and oxygen atoms in total. The van der Waals surface area contributed by atoms with Crippen molar-refractivity contribution in [3.63, 3.8) is 0 Å². The molecule has 2 amide bonds. The van der Waals surface area contributed by atoms with Gasteiger partial charge < -0.3 is 24.5 Å². The fourth-order valence-electron chi connectivity index (χ4n) is 4.69. The molecule has 4 heterocycles. The number of benzene rings is 1. The number of ether oxygens (including phenoxy) is 1. The molecule has 3 aliphatic rings. The van der Waals surface area contributed by atoms with E-state index >= 15 is 0 Å². The number of fused-ring (bicyclic) bond motifs is 2. The van der Waals surface area contributed by atoms with Crippen molar-refractivity contribution < 1.29 is 23.8 Å². The minimum absolute atomic E-state index is 0.0890. The normalized spacial score (nSPS) is 20.2. The molecule has 0 unspecified atom stereocenters. The summed E-state index contributed by atoms with van der Waals surface area (Å²) in [5.74, 6) is -0.445. The van der Waals surface area contributed by atoms with Crippen molar-refractivity contribution in [2.24, 2.45) is 0 Å². The zero-order valence-electron chi connectivity index (χ0n) is 18.9. The number of nitrogens with zero attached hydrogens (tertiary/aromatic N) is 4. The van der Waals surface area contributed by atoms with Gasteiger partial charge in [-0.1, -0.05) is 24.2 Å². The first-order chi connectivity index (χ1) is 16.9. The molecule has 1 aromatic carbocycles. The molecular weight excluding hydrogens is 495 g/mol. The monoisotopic (exact) mass is 518 g/mol. The van der Waals surface area contributed by atoms with Crippen LogP contribution in [0.2, 0.25) is 5.02 Å². The maximum absolute atomic E-state index is 14.9. The number of anilines is 1. The second-order valence-corrected chi connectivity index (χ2v) is 9.90. The van der Waals surface area contributed by atoms with Crippen LogP contribution in [0, 0.1) is 5.82 Å². The lowest BCUT2D eigenvalue weighted by Gasteiger charge is -2.40. The van der Waals surface area contributed by atoms with Gasteiger partial charge in [0.05, 0.1) is 41.1 Å². The van der Waals surface area contributed by atoms with Crippen molar-refractivity contribution in [1.82, 2.24) is 14.8 Å². The highest BCUT2D eigenvalue weighted by atomic mass is 35.5. The third kappa shape index (κ3) is 4.23. The molecule has 2 saturated heterocycles. The van der Waals surface area contributed by atoms with Crippen molar-refractivity contribution in [2.45, 2.75) is 10.9 Å². The SMILES string of the molecule is C=CC(=O)N1CCN2C(=O)c3c(N4CCOCC4)nc(-c4c(O)cccc4F)c(Cl)c3SC[C@H]2C1. The van der Waals surface area contributed by atoms with Crippen LogP contribution in [0.4, 0.5) is 10.2 Å². The Hall–Kier alpha value is -2.82. The quantitative estimate of drug-likeness (QED) is 0.625. The molecule has 1 N–H and O–H groups in total. The maximum atomic E-state index is 14.9. The standard InChI is InChI=1S/C24H24ClFN4O4S/c1-2-17(32)29-6-7-30-14(12-29)13-35-22-19(24(30)33)23(28-8-10-34-11-9-28)27-21(20(22)25)18-15(26)4-3-5-16(18)31/h2-5,14,31H,1,6-13H2/t14-/m1/s1. The van der Waals surface area contributed by atoms with Crippen LogP contribution in [0.25, 0.3) is 11.3 Å². The van der Waals surface area contributed by atoms with Crippen LogP contribution in [0.3, 0.4) is 0 Å². The number of phenolic OH excluding ortho intramolecular Hbond substituents is 1. The number of thioether (sulfide) groups is 1. The van der Waals surface area contributed by atoms with Crippen LogP contribution in [0.15, 0.2) is 35.7 Å². The Morgan fingerprint density at radius 3 is 2.74 bits per heavy atom. The minimum Gasteiger partial charge on any atom is -0.507 e. The number of phenols is 1. The maximum Gasteiger partial charge on any atom is 0.259 e. The Bertz CT molecular complexity index is 1190. The van der Waals surface area contributed by atoms with Crippen molar-refractivity contribution in [3.05, 3.63) is 47.3 Å². The number of pyridine rings is 1. The predicted molar refractivity (Wildman–Crippen MR) is 132 cm³/mol. The second-order valence-electron chi connectivity index (χ2n) is 8.49. The highest BCUT2D eigenvalue weighted by Gasteiger charge is 2.40. The van der Waals surface area contributed by atoms with E-state index in [0.29, 0.717) is 68.0 Å². The number of halogens is 2. The van der Waals surface area contributed by atoms with E-state index in [-0.39, 0.29) is 39.9 Å². The van der Waals surface area contributed by atoms with E-state index in [0.717, 1.165) is 0 Å². The molecule has 35 heavy (non-hydrogen) atoms. The van der Waals surface area contributed by atoms with Crippen LogP contribution in [0.1, 0.15) is 10.4 Å². The van der Waals surface area contributed by atoms with Crippen molar-refractivity contribution in [2.75, 3.05) is 56.6 Å². The fourth-order valence-corrected chi connectivity index (χ4v) is 6.28. The number of carbonyl (C=O) groups is 2. The average molecular weight is 519 g/mol. The molecule has 0 radical (unpaired) electrons. The fraction of sp³-hybridized carbons (Fsp3) is 0.375. The van der Waals surface area contributed by atoms with Gasteiger partial charge in [-0.05, 0) is 18.2 Å². The molecule has 1 aromatic heterocycles. The number of aromatic hydroxyl groups is 1. The third-order valence-electron chi connectivity index (χ3n) is 6.48. The topological polar surface area (TPSA) is 86.2 Å². The van der Waals surface area contributed by atoms with E-state index in [1.165, 1.54) is 36.0 Å². The van der Waals surface area contributed by atoms with Crippen LogP contribution in [0.5, 0.6) is 5.75 Å². The Balaban J connectivity index is 1.65. The number of amides is 2. The lowest BCUT2D eigenvalue weighted by Crippen LogP contribution is -2.56. The van der Waals surface area contributed by atoms with Gasteiger partial charge in [0.15, 0.2) is 0 Å². The lowest BCUT2D eigenvalue weighted by molar-refractivity contribution is -0.128. The number of piperazine rings is 1. The Kier molecular flexibility index (Phi) is 6.61. The molecule has 0 saturated carbocycles. The Labute approximate surface area is 211 Å². The van der Waals surface area contributed by atoms with E-state index in [4.69, 9.17) is 16.3 Å². The number of carbonyl (C=O) groups excluding carboxylic acids is 2. The molecule has 0 spiro atoms. The second kappa shape index (κ2) is 9.67. The molecule has 5 rings (SSSR count). The smallest absolute Gasteiger partial charge is 0.259 e. The largest absolute Gasteiger partial charge is 0.507 e. The van der Waals surface area contributed by atoms with Gasteiger partial charge in [-0.15, -0.1) is 11.8 Å². The molecule has 11 heteroatoms. The highest BCUT2D eigenvalue weighted by Crippen LogP contribution is 2.46. The lowest BCUT2D eigenvalue weighted by atomic mass is 10.1. The summed E-state index contributed by atoms with van der Waals surface area (Å²) in [5.41, 5.74) is 0.353. The Morgan fingerprint density at radius 2 is 2.03 bits per heavy atom. The van der Waals surface area contributed by atoms with Gasteiger partial charge in [-0.2, -0.15) is 0 Å². The van der Waals surface area contributed by atoms with Gasteiger partial charge in [0.2, 0.25) is 5.91 Å². The first kappa shape index (κ1) is 23.9. The summed E-state index contributed by atoms with van der Waals surface area (Å²) >= 11 is 8.19. The van der Waals surface area contributed by atoms with Crippen molar-refractivity contribution >= 4 is 41.0 Å². The van der Waals surface area contributed by atoms with Crippen molar-refractivity contribution in [1.29, 1.82) is 0 Å². The van der Waals surface area contributed by atoms with Gasteiger partial charge in [0.1, 0.15) is 17.4 Å². The summed E-state index contributed by atoms with van der Waals surface area (Å²) < 4.78 is 20.3. The molecule has 0 aliphatic carbocycles. The summed E-state index contributed by atoms with van der Waals surface area (Å²) in [6.45, 7) is 6.67. The van der Waals surface area contributed by atoms with E-state index in [1.807, 2.05) is 4.90 Å². The number of rotatable bonds is 3. The first-order valence-corrected chi connectivity index (χ1v) is 12.7. The van der Waals surface area contributed by atoms with Crippen LogP contribution in [-0.2, 0) is 9.53 Å². The van der Waals surface area contributed by atoms with Gasteiger partial charge >= 0.3 is 0 Å². The van der Waals surface area contributed by atoms with Gasteiger partial charge in [0.25, 0.3) is 5.91 Å². The molecule has 1 atom stereocenters. The zero-order valence-corrected chi connectivity index (χ0v) is 20.4. The summed E-state index contributed by atoms with van der Waals surface area (Å²) in [5, 5.41) is 10.6. The summed E-state index contributed by atoms with van der Waals surface area (Å²) in [6.07, 6.45) is 1.28. The zero-order chi connectivity index (χ0) is 24.7. The first-order valence-electron chi connectivity index (χ1n) is 11.3. The number of morpholine rings is 1. The number of hydrogen-bond donors (Lipinski definition) is 1. The molecule has 3 aliphatic heterocycles. The number of aromatic nitrogens is 1. The van der Waals surface area contributed by atoms with Crippen LogP contribution >= 0.6 is 23.4 Å². The van der Waals surface area contributed by atoms with E-state index in [2.05, 4.69) is 11.6 Å². The van der Waals surface area contributed by atoms with Crippen LogP contribution < -0.4 is 4.90 Å². The van der Waals surface area contributed by atoms with Gasteiger partial charge in [0, 0.05) is 43.4 Å². The van der Waals surface area contributed by atoms with E-state index in [1.54, 1.807) is 9.80 Å². The van der Waals surface area contributed by atoms with Crippen LogP contribution in [-0.4, -0.2) is 89.4 Å². The summed E-state index contributed by atoms with van der Waals surface area (Å²) in [6, 6.07) is 3.79. The summed E-state index contributed by atoms with van der Waals surface area (Å²) in [7, 11) is 0. The minimum atomic E-state index is -0.659.